The lowest BCUT2D eigenvalue weighted by Crippen LogP contribution is -2.33. The fourth-order valence-corrected chi connectivity index (χ4v) is 2.45. The van der Waals surface area contributed by atoms with E-state index in [9.17, 15) is 9.90 Å². The van der Waals surface area contributed by atoms with Crippen molar-refractivity contribution in [2.45, 2.75) is 33.0 Å². The number of oxime groups is 1. The first-order chi connectivity index (χ1) is 10.9. The molecule has 1 aromatic carbocycles. The normalized spacial score (nSPS) is 18.5. The Morgan fingerprint density at radius 2 is 2.26 bits per heavy atom. The van der Waals surface area contributed by atoms with E-state index >= 15 is 0 Å². The van der Waals surface area contributed by atoms with E-state index in [1.807, 2.05) is 6.92 Å². The van der Waals surface area contributed by atoms with E-state index < -0.39 is 12.1 Å². The number of carboxylic acids is 1. The maximum absolute atomic E-state index is 11.4. The first-order valence-electron chi connectivity index (χ1n) is 7.44. The summed E-state index contributed by atoms with van der Waals surface area (Å²) >= 11 is 6.07. The monoisotopic (exact) mass is 341 g/mol. The van der Waals surface area contributed by atoms with Gasteiger partial charge < -0.3 is 19.4 Å². The Morgan fingerprint density at radius 1 is 1.52 bits per heavy atom. The van der Waals surface area contributed by atoms with Crippen molar-refractivity contribution in [2.75, 3.05) is 13.2 Å². The Morgan fingerprint density at radius 3 is 2.87 bits per heavy atom. The largest absolute Gasteiger partial charge is 0.478 e. The molecule has 0 saturated carbocycles. The Balaban J connectivity index is 2.36. The maximum atomic E-state index is 11.4. The molecule has 2 rings (SSSR count). The van der Waals surface area contributed by atoms with Gasteiger partial charge in [-0.15, -0.1) is 0 Å². The van der Waals surface area contributed by atoms with E-state index in [-0.39, 0.29) is 12.0 Å². The van der Waals surface area contributed by atoms with Gasteiger partial charge in [0.05, 0.1) is 0 Å². The van der Waals surface area contributed by atoms with Gasteiger partial charge in [0.2, 0.25) is 0 Å². The third kappa shape index (κ3) is 4.14. The maximum Gasteiger partial charge on any atom is 0.345 e. The van der Waals surface area contributed by atoms with Gasteiger partial charge in [0.15, 0.2) is 6.10 Å². The third-order valence-corrected chi connectivity index (χ3v) is 3.62. The van der Waals surface area contributed by atoms with Crippen molar-refractivity contribution in [1.29, 1.82) is 0 Å². The molecule has 0 bridgehead atoms. The average Bonchev–Trinajstić information content (AvgIpc) is 2.93. The summed E-state index contributed by atoms with van der Waals surface area (Å²) in [6, 6.07) is 4.96. The number of carboxylic acid groups (broad SMARTS) is 1. The number of nitrogens with zero attached hydrogens (tertiary/aromatic N) is 1. The molecule has 0 aromatic heterocycles. The minimum absolute atomic E-state index is 0.194. The fourth-order valence-electron chi connectivity index (χ4n) is 2.28. The summed E-state index contributed by atoms with van der Waals surface area (Å²) in [5, 5.41) is 13.8. The molecule has 7 heteroatoms. The number of carbonyl (C=O) groups is 1. The molecule has 2 atom stereocenters. The summed E-state index contributed by atoms with van der Waals surface area (Å²) in [5.74, 6) is -0.822. The lowest BCUT2D eigenvalue weighted by Gasteiger charge is -2.21. The molecule has 0 saturated heterocycles. The van der Waals surface area contributed by atoms with Crippen molar-refractivity contribution < 1.29 is 24.2 Å². The van der Waals surface area contributed by atoms with Gasteiger partial charge in [-0.2, -0.15) is 0 Å². The van der Waals surface area contributed by atoms with Gasteiger partial charge in [-0.05, 0) is 25.1 Å². The quantitative estimate of drug-likeness (QED) is 0.825. The number of ether oxygens (including phenoxy) is 2. The van der Waals surface area contributed by atoms with Crippen LogP contribution in [-0.4, -0.2) is 42.2 Å². The number of rotatable bonds is 7. The zero-order valence-electron chi connectivity index (χ0n) is 13.3. The molecule has 1 aliphatic rings. The first kappa shape index (κ1) is 17.6. The fraction of sp³-hybridized carbons (Fsp3) is 0.500. The van der Waals surface area contributed by atoms with Crippen LogP contribution in [0.4, 0.5) is 0 Å². The van der Waals surface area contributed by atoms with E-state index in [0.29, 0.717) is 35.3 Å². The van der Waals surface area contributed by atoms with Gasteiger partial charge in [-0.25, -0.2) is 4.79 Å². The van der Waals surface area contributed by atoms with E-state index in [2.05, 4.69) is 5.16 Å². The SMILES string of the molecule is CCOC1CON=C1c1cc(Cl)ccc1OC(C(=O)O)C(C)C. The molecule has 126 valence electrons. The van der Waals surface area contributed by atoms with Crippen LogP contribution < -0.4 is 4.74 Å². The van der Waals surface area contributed by atoms with Crippen molar-refractivity contribution in [3.05, 3.63) is 28.8 Å². The van der Waals surface area contributed by atoms with Crippen LogP contribution in [0.25, 0.3) is 0 Å². The highest BCUT2D eigenvalue weighted by atomic mass is 35.5. The molecular formula is C16H20ClNO5. The Kier molecular flexibility index (Phi) is 5.85. The van der Waals surface area contributed by atoms with Crippen molar-refractivity contribution in [3.63, 3.8) is 0 Å². The Bertz CT molecular complexity index is 602. The highest BCUT2D eigenvalue weighted by Crippen LogP contribution is 2.29. The van der Waals surface area contributed by atoms with Gasteiger partial charge in [-0.1, -0.05) is 30.6 Å². The standard InChI is InChI=1S/C16H20ClNO5/c1-4-21-13-8-22-18-14(13)11-7-10(17)5-6-12(11)23-15(9(2)3)16(19)20/h5-7,9,13,15H,4,8H2,1-3H3,(H,19,20). The molecule has 1 heterocycles. The molecule has 0 fully saturated rings. The van der Waals surface area contributed by atoms with Gasteiger partial charge in [0.25, 0.3) is 0 Å². The molecule has 23 heavy (non-hydrogen) atoms. The Labute approximate surface area is 140 Å². The van der Waals surface area contributed by atoms with Gasteiger partial charge >= 0.3 is 5.97 Å². The first-order valence-corrected chi connectivity index (χ1v) is 7.82. The van der Waals surface area contributed by atoms with Crippen LogP contribution in [0.3, 0.4) is 0 Å². The van der Waals surface area contributed by atoms with Gasteiger partial charge in [0.1, 0.15) is 24.2 Å². The summed E-state index contributed by atoms with van der Waals surface area (Å²) < 4.78 is 11.3. The second-order valence-corrected chi connectivity index (χ2v) is 5.91. The lowest BCUT2D eigenvalue weighted by molar-refractivity contribution is -0.147. The van der Waals surface area contributed by atoms with Crippen molar-refractivity contribution in [3.8, 4) is 5.75 Å². The highest BCUT2D eigenvalue weighted by molar-refractivity contribution is 6.31. The summed E-state index contributed by atoms with van der Waals surface area (Å²) in [6.07, 6.45) is -1.30. The smallest absolute Gasteiger partial charge is 0.345 e. The zero-order valence-corrected chi connectivity index (χ0v) is 14.0. The minimum atomic E-state index is -1.02. The number of hydrogen-bond donors (Lipinski definition) is 1. The number of hydrogen-bond acceptors (Lipinski definition) is 5. The second kappa shape index (κ2) is 7.66. The lowest BCUT2D eigenvalue weighted by atomic mass is 10.0. The van der Waals surface area contributed by atoms with Crippen LogP contribution >= 0.6 is 11.6 Å². The predicted molar refractivity (Wildman–Crippen MR) is 86.2 cm³/mol. The summed E-state index contributed by atoms with van der Waals surface area (Å²) in [7, 11) is 0. The zero-order chi connectivity index (χ0) is 17.0. The molecule has 1 aliphatic heterocycles. The molecule has 0 aliphatic carbocycles. The van der Waals surface area contributed by atoms with E-state index in [1.54, 1.807) is 32.0 Å². The topological polar surface area (TPSA) is 77.3 Å². The molecule has 0 amide bonds. The molecule has 0 spiro atoms. The molecular weight excluding hydrogens is 322 g/mol. The molecule has 6 nitrogen and oxygen atoms in total. The van der Waals surface area contributed by atoms with Crippen LogP contribution in [0.1, 0.15) is 26.3 Å². The van der Waals surface area contributed by atoms with Crippen LogP contribution in [0.5, 0.6) is 5.75 Å². The molecule has 1 N–H and O–H groups in total. The van der Waals surface area contributed by atoms with Crippen molar-refractivity contribution >= 4 is 23.3 Å². The second-order valence-electron chi connectivity index (χ2n) is 5.48. The van der Waals surface area contributed by atoms with Crippen molar-refractivity contribution in [2.24, 2.45) is 11.1 Å². The third-order valence-electron chi connectivity index (χ3n) is 3.38. The van der Waals surface area contributed by atoms with Gasteiger partial charge in [0, 0.05) is 23.1 Å². The van der Waals surface area contributed by atoms with Crippen molar-refractivity contribution in [1.82, 2.24) is 0 Å². The van der Waals surface area contributed by atoms with Crippen LogP contribution in [0.15, 0.2) is 23.4 Å². The van der Waals surface area contributed by atoms with Crippen LogP contribution in [0, 0.1) is 5.92 Å². The number of aliphatic carboxylic acids is 1. The summed E-state index contributed by atoms with van der Waals surface area (Å²) in [6.45, 7) is 6.26. The van der Waals surface area contributed by atoms with E-state index in [4.69, 9.17) is 25.9 Å². The predicted octanol–water partition coefficient (Wildman–Crippen LogP) is 2.97. The highest BCUT2D eigenvalue weighted by Gasteiger charge is 2.30. The minimum Gasteiger partial charge on any atom is -0.478 e. The van der Waals surface area contributed by atoms with E-state index in [1.165, 1.54) is 0 Å². The summed E-state index contributed by atoms with van der Waals surface area (Å²) in [4.78, 5) is 16.5. The summed E-state index contributed by atoms with van der Waals surface area (Å²) in [5.41, 5.74) is 1.14. The molecule has 1 aromatic rings. The number of halogens is 1. The van der Waals surface area contributed by atoms with Crippen LogP contribution in [0.2, 0.25) is 5.02 Å². The van der Waals surface area contributed by atoms with Crippen LogP contribution in [-0.2, 0) is 14.4 Å². The number of benzene rings is 1. The Hall–Kier alpha value is -1.79. The molecule has 2 unspecified atom stereocenters. The van der Waals surface area contributed by atoms with Gasteiger partial charge in [-0.3, -0.25) is 0 Å². The molecule has 0 radical (unpaired) electrons. The average molecular weight is 342 g/mol. The van der Waals surface area contributed by atoms with E-state index in [0.717, 1.165) is 0 Å².